The number of amides is 1. The minimum Gasteiger partial charge on any atom is -0.508 e. The van der Waals surface area contributed by atoms with Gasteiger partial charge in [0.15, 0.2) is 0 Å². The first-order chi connectivity index (χ1) is 15.6. The molecular weight excluding hydrogens is 400 g/mol. The van der Waals surface area contributed by atoms with E-state index in [-0.39, 0.29) is 35.3 Å². The smallest absolute Gasteiger partial charge is 0.258 e. The topological polar surface area (TPSA) is 72.8 Å². The number of hydrogen-bond donors (Lipinski definition) is 3. The SMILES string of the molecule is CCN(C(=O)c1ccc2c(c1)C1C=CCC1C(c1ccc(O)cc1O)N2)c1ccccc1. The van der Waals surface area contributed by atoms with Gasteiger partial charge in [-0.2, -0.15) is 0 Å². The quantitative estimate of drug-likeness (QED) is 0.476. The van der Waals surface area contributed by atoms with Gasteiger partial charge in [-0.3, -0.25) is 4.79 Å². The van der Waals surface area contributed by atoms with Crippen molar-refractivity contribution in [3.8, 4) is 11.5 Å². The molecule has 3 N–H and O–H groups in total. The van der Waals surface area contributed by atoms with Gasteiger partial charge in [0, 0.05) is 41.0 Å². The van der Waals surface area contributed by atoms with E-state index in [0.29, 0.717) is 12.1 Å². The zero-order chi connectivity index (χ0) is 22.2. The highest BCUT2D eigenvalue weighted by atomic mass is 16.3. The first-order valence-electron chi connectivity index (χ1n) is 11.0. The van der Waals surface area contributed by atoms with Crippen LogP contribution in [-0.4, -0.2) is 22.7 Å². The van der Waals surface area contributed by atoms with Crippen LogP contribution in [-0.2, 0) is 0 Å². The average Bonchev–Trinajstić information content (AvgIpc) is 3.30. The van der Waals surface area contributed by atoms with Crippen molar-refractivity contribution in [2.24, 2.45) is 5.92 Å². The van der Waals surface area contributed by atoms with Crippen molar-refractivity contribution < 1.29 is 15.0 Å². The zero-order valence-corrected chi connectivity index (χ0v) is 17.9. The van der Waals surface area contributed by atoms with Gasteiger partial charge in [-0.25, -0.2) is 0 Å². The van der Waals surface area contributed by atoms with Crippen LogP contribution in [0.4, 0.5) is 11.4 Å². The first kappa shape index (κ1) is 20.2. The minimum atomic E-state index is -0.0823. The lowest BCUT2D eigenvalue weighted by atomic mass is 9.76. The van der Waals surface area contributed by atoms with E-state index in [1.165, 1.54) is 6.07 Å². The molecule has 0 fully saturated rings. The molecule has 1 amide bonds. The molecule has 32 heavy (non-hydrogen) atoms. The number of nitrogens with one attached hydrogen (secondary N) is 1. The molecule has 0 radical (unpaired) electrons. The third-order valence-corrected chi connectivity index (χ3v) is 6.59. The van der Waals surface area contributed by atoms with Crippen molar-refractivity contribution in [3.05, 3.63) is 95.6 Å². The summed E-state index contributed by atoms with van der Waals surface area (Å²) in [6, 6.07) is 20.3. The van der Waals surface area contributed by atoms with Gasteiger partial charge in [-0.15, -0.1) is 0 Å². The fraction of sp³-hybridized carbons (Fsp3) is 0.222. The summed E-state index contributed by atoms with van der Waals surface area (Å²) >= 11 is 0. The van der Waals surface area contributed by atoms with Crippen LogP contribution < -0.4 is 10.2 Å². The summed E-state index contributed by atoms with van der Waals surface area (Å²) in [5.41, 5.74) is 4.40. The van der Waals surface area contributed by atoms with Crippen LogP contribution >= 0.6 is 0 Å². The number of nitrogens with zero attached hydrogens (tertiary/aromatic N) is 1. The van der Waals surface area contributed by atoms with E-state index >= 15 is 0 Å². The van der Waals surface area contributed by atoms with Crippen LogP contribution in [0.3, 0.4) is 0 Å². The summed E-state index contributed by atoms with van der Waals surface area (Å²) in [5, 5.41) is 23.7. The molecule has 1 heterocycles. The number of aromatic hydroxyl groups is 2. The highest BCUT2D eigenvalue weighted by molar-refractivity contribution is 6.06. The normalized spacial score (nSPS) is 20.8. The summed E-state index contributed by atoms with van der Waals surface area (Å²) in [6.07, 6.45) is 5.26. The summed E-state index contributed by atoms with van der Waals surface area (Å²) in [7, 11) is 0. The number of carbonyl (C=O) groups is 1. The molecule has 0 saturated carbocycles. The molecule has 0 aromatic heterocycles. The summed E-state index contributed by atoms with van der Waals surface area (Å²) in [5.74, 6) is 0.498. The third kappa shape index (κ3) is 3.40. The second kappa shape index (κ2) is 8.08. The van der Waals surface area contributed by atoms with Gasteiger partial charge < -0.3 is 20.4 Å². The maximum absolute atomic E-state index is 13.3. The van der Waals surface area contributed by atoms with Crippen molar-refractivity contribution in [3.63, 3.8) is 0 Å². The van der Waals surface area contributed by atoms with Crippen LogP contribution in [0.5, 0.6) is 11.5 Å². The number of allylic oxidation sites excluding steroid dienone is 2. The Morgan fingerprint density at radius 3 is 2.59 bits per heavy atom. The Hall–Kier alpha value is -3.73. The highest BCUT2D eigenvalue weighted by Gasteiger charge is 2.39. The maximum Gasteiger partial charge on any atom is 0.258 e. The predicted octanol–water partition coefficient (Wildman–Crippen LogP) is 5.59. The van der Waals surface area contributed by atoms with E-state index in [9.17, 15) is 15.0 Å². The summed E-state index contributed by atoms with van der Waals surface area (Å²) in [6.45, 7) is 2.57. The van der Waals surface area contributed by atoms with Gasteiger partial charge in [0.1, 0.15) is 11.5 Å². The fourth-order valence-corrected chi connectivity index (χ4v) is 5.04. The lowest BCUT2D eigenvalue weighted by Gasteiger charge is -2.38. The molecule has 1 aliphatic heterocycles. The molecular formula is C27H26N2O3. The van der Waals surface area contributed by atoms with Crippen LogP contribution in [0.2, 0.25) is 0 Å². The summed E-state index contributed by atoms with van der Waals surface area (Å²) < 4.78 is 0. The Morgan fingerprint density at radius 1 is 1.03 bits per heavy atom. The lowest BCUT2D eigenvalue weighted by Crippen LogP contribution is -2.32. The molecule has 3 unspecified atom stereocenters. The van der Waals surface area contributed by atoms with Crippen molar-refractivity contribution in [2.75, 3.05) is 16.8 Å². The third-order valence-electron chi connectivity index (χ3n) is 6.59. The molecule has 162 valence electrons. The minimum absolute atomic E-state index is 0.0154. The monoisotopic (exact) mass is 426 g/mol. The van der Waals surface area contributed by atoms with Gasteiger partial charge in [0.2, 0.25) is 0 Å². The predicted molar refractivity (Wildman–Crippen MR) is 126 cm³/mol. The van der Waals surface area contributed by atoms with Crippen molar-refractivity contribution in [1.82, 2.24) is 0 Å². The number of phenolic OH excluding ortho intramolecular Hbond substituents is 2. The molecule has 5 heteroatoms. The highest BCUT2D eigenvalue weighted by Crippen LogP contribution is 2.51. The number of phenols is 2. The Morgan fingerprint density at radius 2 is 1.84 bits per heavy atom. The molecule has 5 rings (SSSR count). The van der Waals surface area contributed by atoms with E-state index in [1.807, 2.05) is 55.5 Å². The second-order valence-corrected chi connectivity index (χ2v) is 8.41. The van der Waals surface area contributed by atoms with Crippen LogP contribution in [0, 0.1) is 5.92 Å². The van der Waals surface area contributed by atoms with Crippen molar-refractivity contribution in [2.45, 2.75) is 25.3 Å². The molecule has 5 nitrogen and oxygen atoms in total. The van der Waals surface area contributed by atoms with Gasteiger partial charge in [0.25, 0.3) is 5.91 Å². The molecule has 0 bridgehead atoms. The Balaban J connectivity index is 1.50. The molecule has 1 aliphatic carbocycles. The molecule has 3 atom stereocenters. The Bertz CT molecular complexity index is 1190. The van der Waals surface area contributed by atoms with E-state index in [4.69, 9.17) is 0 Å². The summed E-state index contributed by atoms with van der Waals surface area (Å²) in [4.78, 5) is 15.1. The van der Waals surface area contributed by atoms with Crippen LogP contribution in [0.25, 0.3) is 0 Å². The van der Waals surface area contributed by atoms with E-state index in [1.54, 1.807) is 17.0 Å². The second-order valence-electron chi connectivity index (χ2n) is 8.41. The van der Waals surface area contributed by atoms with Crippen molar-refractivity contribution in [1.29, 1.82) is 0 Å². The van der Waals surface area contributed by atoms with Crippen LogP contribution in [0.15, 0.2) is 78.9 Å². The standard InChI is InChI=1S/C27H26N2O3/c1-2-29(18-7-4-3-5-8-18)27(32)17-11-14-24-23(15-17)20-9-6-10-21(20)26(28-24)22-13-12-19(30)16-25(22)31/h3-9,11-16,20-21,26,28,30-31H,2,10H2,1H3. The largest absolute Gasteiger partial charge is 0.508 e. The number of benzene rings is 3. The van der Waals surface area contributed by atoms with E-state index < -0.39 is 0 Å². The van der Waals surface area contributed by atoms with Crippen molar-refractivity contribution >= 4 is 17.3 Å². The Labute approximate surface area is 187 Å². The molecule has 2 aliphatic rings. The number of anilines is 2. The van der Waals surface area contributed by atoms with E-state index in [2.05, 4.69) is 17.5 Å². The number of rotatable bonds is 4. The number of fused-ring (bicyclic) bond motifs is 3. The number of carbonyl (C=O) groups excluding carboxylic acids is 1. The first-order valence-corrected chi connectivity index (χ1v) is 11.0. The average molecular weight is 427 g/mol. The lowest BCUT2D eigenvalue weighted by molar-refractivity contribution is 0.0988. The van der Waals surface area contributed by atoms with Gasteiger partial charge in [-0.1, -0.05) is 30.4 Å². The van der Waals surface area contributed by atoms with E-state index in [0.717, 1.165) is 28.9 Å². The Kier molecular flexibility index (Phi) is 5.10. The van der Waals surface area contributed by atoms with Crippen LogP contribution in [0.1, 0.15) is 46.8 Å². The fourth-order valence-electron chi connectivity index (χ4n) is 5.04. The molecule has 0 saturated heterocycles. The molecule has 3 aromatic rings. The van der Waals surface area contributed by atoms with Gasteiger partial charge in [0.05, 0.1) is 6.04 Å². The van der Waals surface area contributed by atoms with Gasteiger partial charge >= 0.3 is 0 Å². The molecule has 3 aromatic carbocycles. The molecule has 0 spiro atoms. The zero-order valence-electron chi connectivity index (χ0n) is 17.9. The number of para-hydroxylation sites is 1. The van der Waals surface area contributed by atoms with Gasteiger partial charge in [-0.05, 0) is 67.3 Å². The maximum atomic E-state index is 13.3. The number of hydrogen-bond acceptors (Lipinski definition) is 4.